The predicted molar refractivity (Wildman–Crippen MR) is 125 cm³/mol. The smallest absolute Gasteiger partial charge is 0.407 e. The zero-order valence-corrected chi connectivity index (χ0v) is 19.7. The molecule has 0 spiro atoms. The van der Waals surface area contributed by atoms with Crippen LogP contribution in [-0.2, 0) is 16.0 Å². The van der Waals surface area contributed by atoms with Gasteiger partial charge in [0.25, 0.3) is 0 Å². The summed E-state index contributed by atoms with van der Waals surface area (Å²) in [6, 6.07) is 5.39. The number of aromatic amines is 1. The molecule has 2 aliphatic carbocycles. The summed E-state index contributed by atoms with van der Waals surface area (Å²) in [4.78, 5) is 28.7. The summed E-state index contributed by atoms with van der Waals surface area (Å²) in [5.41, 5.74) is 1.09. The van der Waals surface area contributed by atoms with Crippen LogP contribution in [0.1, 0.15) is 69.0 Å². The number of H-pyrrole nitrogens is 1. The molecule has 4 N–H and O–H groups in total. The van der Waals surface area contributed by atoms with Crippen molar-refractivity contribution in [2.24, 2.45) is 0 Å². The molecule has 10 nitrogen and oxygen atoms in total. The van der Waals surface area contributed by atoms with Crippen LogP contribution >= 0.6 is 0 Å². The van der Waals surface area contributed by atoms with Crippen LogP contribution in [0.25, 0.3) is 0 Å². The Morgan fingerprint density at radius 3 is 2.79 bits per heavy atom. The van der Waals surface area contributed by atoms with E-state index in [1.54, 1.807) is 18.3 Å². The zero-order chi connectivity index (χ0) is 24.1. The second-order valence-electron chi connectivity index (χ2n) is 9.59. The minimum atomic E-state index is -0.629. The van der Waals surface area contributed by atoms with E-state index in [0.29, 0.717) is 31.0 Å². The molecule has 0 saturated heterocycles. The molecule has 34 heavy (non-hydrogen) atoms. The van der Waals surface area contributed by atoms with Crippen LogP contribution in [0.5, 0.6) is 5.88 Å². The van der Waals surface area contributed by atoms with Crippen molar-refractivity contribution >= 4 is 17.8 Å². The lowest BCUT2D eigenvalue weighted by Gasteiger charge is -2.33. The fourth-order valence-electron chi connectivity index (χ4n) is 4.72. The number of aromatic nitrogens is 3. The van der Waals surface area contributed by atoms with Crippen molar-refractivity contribution < 1.29 is 24.2 Å². The highest BCUT2D eigenvalue weighted by Gasteiger charge is 2.32. The summed E-state index contributed by atoms with van der Waals surface area (Å²) >= 11 is 0. The first-order chi connectivity index (χ1) is 16.3. The van der Waals surface area contributed by atoms with Gasteiger partial charge in [-0.15, -0.1) is 0 Å². The number of anilines is 1. The fraction of sp³-hybridized carbons (Fsp3) is 0.583. The molecule has 4 rings (SSSR count). The normalized spacial score (nSPS) is 26.6. The molecule has 0 aliphatic heterocycles. The van der Waals surface area contributed by atoms with Crippen LogP contribution < -0.4 is 15.4 Å². The van der Waals surface area contributed by atoms with Gasteiger partial charge in [-0.3, -0.25) is 9.89 Å². The predicted octanol–water partition coefficient (Wildman–Crippen LogP) is 3.05. The number of amides is 2. The van der Waals surface area contributed by atoms with Gasteiger partial charge in [-0.05, 0) is 63.5 Å². The molecule has 184 valence electrons. The third-order valence-corrected chi connectivity index (χ3v) is 6.72. The summed E-state index contributed by atoms with van der Waals surface area (Å²) in [5, 5.41) is 23.0. The minimum Gasteiger partial charge on any atom is -0.481 e. The average molecular weight is 472 g/mol. The number of methoxy groups -OCH3 is 1. The maximum Gasteiger partial charge on any atom is 0.407 e. The van der Waals surface area contributed by atoms with E-state index in [4.69, 9.17) is 9.47 Å². The largest absolute Gasteiger partial charge is 0.481 e. The standard InChI is InChI=1S/C24H33N5O5/c1-24(32)8-5-17(6-9-24)26-23(31)34-18-4-3-16(13-18)19-14-20(29-28-19)27-21(30)11-15-7-10-25-22(12-15)33-2/h7,10,12,14,16-18,32H,3-6,8-9,11,13H2,1-2H3,(H,26,31)(H2,27,28,29,30)/t16-,17-,18+,24+/m1/s1. The van der Waals surface area contributed by atoms with E-state index in [2.05, 4.69) is 25.8 Å². The minimum absolute atomic E-state index is 0.0527. The summed E-state index contributed by atoms with van der Waals surface area (Å²) in [5.74, 6) is 0.937. The van der Waals surface area contributed by atoms with Gasteiger partial charge in [0.15, 0.2) is 5.82 Å². The van der Waals surface area contributed by atoms with Crippen molar-refractivity contribution in [3.63, 3.8) is 0 Å². The molecule has 2 heterocycles. The van der Waals surface area contributed by atoms with Gasteiger partial charge in [0.1, 0.15) is 6.10 Å². The lowest BCUT2D eigenvalue weighted by Crippen LogP contribution is -2.43. The third kappa shape index (κ3) is 6.47. The van der Waals surface area contributed by atoms with E-state index in [1.165, 1.54) is 7.11 Å². The fourth-order valence-corrected chi connectivity index (χ4v) is 4.72. The van der Waals surface area contributed by atoms with E-state index in [9.17, 15) is 14.7 Å². The first-order valence-corrected chi connectivity index (χ1v) is 11.8. The second-order valence-corrected chi connectivity index (χ2v) is 9.59. The lowest BCUT2D eigenvalue weighted by atomic mass is 9.84. The summed E-state index contributed by atoms with van der Waals surface area (Å²) in [6.45, 7) is 1.84. The number of hydrogen-bond acceptors (Lipinski definition) is 7. The Labute approximate surface area is 198 Å². The molecule has 2 aromatic rings. The zero-order valence-electron chi connectivity index (χ0n) is 19.7. The van der Waals surface area contributed by atoms with Crippen LogP contribution in [0.4, 0.5) is 10.6 Å². The number of carbonyl (C=O) groups is 2. The van der Waals surface area contributed by atoms with Crippen LogP contribution in [0.15, 0.2) is 24.4 Å². The molecule has 2 atom stereocenters. The SMILES string of the molecule is COc1cc(CC(=O)Nc2cc([C@@H]3CC[C@H](OC(=O)N[C@H]4CC[C@@](C)(O)CC4)C3)[nH]n2)ccn1. The van der Waals surface area contributed by atoms with Gasteiger partial charge in [0, 0.05) is 36.0 Å². The van der Waals surface area contributed by atoms with E-state index in [0.717, 1.165) is 36.9 Å². The Kier molecular flexibility index (Phi) is 7.35. The van der Waals surface area contributed by atoms with Crippen molar-refractivity contribution in [1.29, 1.82) is 0 Å². The number of hydrogen-bond donors (Lipinski definition) is 4. The molecular weight excluding hydrogens is 438 g/mol. The number of pyridine rings is 1. The molecule has 0 aromatic carbocycles. The van der Waals surface area contributed by atoms with Gasteiger partial charge < -0.3 is 25.2 Å². The monoisotopic (exact) mass is 471 g/mol. The van der Waals surface area contributed by atoms with Crippen LogP contribution in [-0.4, -0.2) is 57.1 Å². The number of ether oxygens (including phenoxy) is 2. The maximum absolute atomic E-state index is 12.4. The first kappa shape index (κ1) is 24.0. The number of nitrogens with one attached hydrogen (secondary N) is 3. The maximum atomic E-state index is 12.4. The van der Waals surface area contributed by atoms with Crippen molar-refractivity contribution in [2.75, 3.05) is 12.4 Å². The number of rotatable bonds is 7. The van der Waals surface area contributed by atoms with Gasteiger partial charge in [0.05, 0.1) is 19.1 Å². The molecule has 10 heteroatoms. The van der Waals surface area contributed by atoms with Crippen LogP contribution in [0.3, 0.4) is 0 Å². The molecule has 2 aromatic heterocycles. The van der Waals surface area contributed by atoms with E-state index >= 15 is 0 Å². The van der Waals surface area contributed by atoms with E-state index in [-0.39, 0.29) is 36.5 Å². The molecule has 0 unspecified atom stereocenters. The highest BCUT2D eigenvalue weighted by Crippen LogP contribution is 2.36. The number of nitrogens with zero attached hydrogens (tertiary/aromatic N) is 2. The van der Waals surface area contributed by atoms with Crippen molar-refractivity contribution in [2.45, 2.75) is 82.0 Å². The van der Waals surface area contributed by atoms with Crippen molar-refractivity contribution in [1.82, 2.24) is 20.5 Å². The van der Waals surface area contributed by atoms with Crippen molar-refractivity contribution in [3.8, 4) is 5.88 Å². The molecule has 2 fully saturated rings. The van der Waals surface area contributed by atoms with Gasteiger partial charge in [0.2, 0.25) is 11.8 Å². The number of aliphatic hydroxyl groups is 1. The molecular formula is C24H33N5O5. The third-order valence-electron chi connectivity index (χ3n) is 6.72. The highest BCUT2D eigenvalue weighted by molar-refractivity contribution is 5.91. The molecule has 0 radical (unpaired) electrons. The number of carbonyl (C=O) groups excluding carboxylic acids is 2. The Hall–Kier alpha value is -3.14. The quantitative estimate of drug-likeness (QED) is 0.487. The van der Waals surface area contributed by atoms with Gasteiger partial charge in [-0.2, -0.15) is 5.10 Å². The summed E-state index contributed by atoms with van der Waals surface area (Å²) < 4.78 is 10.7. The summed E-state index contributed by atoms with van der Waals surface area (Å²) in [6.07, 6.45) is 6.48. The Morgan fingerprint density at radius 1 is 1.24 bits per heavy atom. The highest BCUT2D eigenvalue weighted by atomic mass is 16.6. The van der Waals surface area contributed by atoms with Gasteiger partial charge in [-0.25, -0.2) is 9.78 Å². The average Bonchev–Trinajstić information content (AvgIpc) is 3.45. The van der Waals surface area contributed by atoms with E-state index < -0.39 is 5.60 Å². The van der Waals surface area contributed by atoms with Crippen molar-refractivity contribution in [3.05, 3.63) is 35.7 Å². The molecule has 2 amide bonds. The molecule has 0 bridgehead atoms. The first-order valence-electron chi connectivity index (χ1n) is 11.8. The van der Waals surface area contributed by atoms with Crippen LogP contribution in [0, 0.1) is 0 Å². The lowest BCUT2D eigenvalue weighted by molar-refractivity contribution is -0.115. The van der Waals surface area contributed by atoms with Gasteiger partial charge >= 0.3 is 6.09 Å². The Balaban J connectivity index is 1.22. The topological polar surface area (TPSA) is 138 Å². The van der Waals surface area contributed by atoms with Crippen LogP contribution in [0.2, 0.25) is 0 Å². The Bertz CT molecular complexity index is 997. The second kappa shape index (κ2) is 10.4. The van der Waals surface area contributed by atoms with E-state index in [1.807, 2.05) is 13.0 Å². The Morgan fingerprint density at radius 2 is 2.03 bits per heavy atom. The number of alkyl carbamates (subject to hydrolysis) is 1. The summed E-state index contributed by atoms with van der Waals surface area (Å²) in [7, 11) is 1.53. The molecule has 2 aliphatic rings. The molecule has 2 saturated carbocycles. The van der Waals surface area contributed by atoms with Gasteiger partial charge in [-0.1, -0.05) is 0 Å².